The normalized spacial score (nSPS) is 12.1. The molecule has 0 unspecified atom stereocenters. The average molecular weight is 302 g/mol. The number of hydrogen-bond acceptors (Lipinski definition) is 4. The first-order chi connectivity index (χ1) is 6.73. The van der Waals surface area contributed by atoms with Crippen LogP contribution < -0.4 is 10.9 Å². The molecule has 0 saturated heterocycles. The molecule has 1 heterocycles. The SMILES string of the molecule is Nc1cc(S(N)(=O)=O)c(Br)nc1C(F)F. The van der Waals surface area contributed by atoms with E-state index < -0.39 is 32.7 Å². The summed E-state index contributed by atoms with van der Waals surface area (Å²) in [5.41, 5.74) is 4.10. The van der Waals surface area contributed by atoms with Gasteiger partial charge in [-0.3, -0.25) is 0 Å². The quantitative estimate of drug-likeness (QED) is 0.796. The zero-order valence-electron chi connectivity index (χ0n) is 7.12. The number of aromatic nitrogens is 1. The number of halogens is 3. The minimum atomic E-state index is -4.03. The van der Waals surface area contributed by atoms with E-state index >= 15 is 0 Å². The molecule has 0 aromatic carbocycles. The largest absolute Gasteiger partial charge is 0.397 e. The number of anilines is 1. The van der Waals surface area contributed by atoms with Gasteiger partial charge in [-0.2, -0.15) is 0 Å². The van der Waals surface area contributed by atoms with Crippen molar-refractivity contribution in [3.05, 3.63) is 16.4 Å². The molecule has 0 saturated carbocycles. The molecule has 0 bridgehead atoms. The number of primary sulfonamides is 1. The third-order valence-electron chi connectivity index (χ3n) is 1.52. The van der Waals surface area contributed by atoms with Gasteiger partial charge in [0.15, 0.2) is 0 Å². The first-order valence-corrected chi connectivity index (χ1v) is 5.84. The fraction of sp³-hybridized carbons (Fsp3) is 0.167. The number of alkyl halides is 2. The Bertz CT molecular complexity index is 491. The van der Waals surface area contributed by atoms with E-state index in [2.05, 4.69) is 20.9 Å². The minimum absolute atomic E-state index is 0.283. The molecule has 0 aliphatic carbocycles. The van der Waals surface area contributed by atoms with E-state index in [4.69, 9.17) is 10.9 Å². The maximum atomic E-state index is 12.3. The highest BCUT2D eigenvalue weighted by atomic mass is 79.9. The zero-order chi connectivity index (χ0) is 11.8. The maximum absolute atomic E-state index is 12.3. The Balaban J connectivity index is 3.46. The number of rotatable bonds is 2. The summed E-state index contributed by atoms with van der Waals surface area (Å²) >= 11 is 2.73. The lowest BCUT2D eigenvalue weighted by atomic mass is 10.3. The molecule has 1 rings (SSSR count). The van der Waals surface area contributed by atoms with E-state index in [-0.39, 0.29) is 4.60 Å². The van der Waals surface area contributed by atoms with Crippen molar-refractivity contribution in [3.8, 4) is 0 Å². The number of sulfonamides is 1. The predicted molar refractivity (Wildman–Crippen MR) is 52.7 cm³/mol. The summed E-state index contributed by atoms with van der Waals surface area (Å²) < 4.78 is 46.2. The van der Waals surface area contributed by atoms with E-state index in [1.165, 1.54) is 0 Å². The van der Waals surface area contributed by atoms with Crippen LogP contribution in [0.3, 0.4) is 0 Å². The third kappa shape index (κ3) is 2.61. The Morgan fingerprint density at radius 3 is 2.40 bits per heavy atom. The van der Waals surface area contributed by atoms with Gasteiger partial charge in [0.2, 0.25) is 10.0 Å². The summed E-state index contributed by atoms with van der Waals surface area (Å²) in [7, 11) is -4.03. The molecule has 9 heteroatoms. The maximum Gasteiger partial charge on any atom is 0.282 e. The van der Waals surface area contributed by atoms with Crippen molar-refractivity contribution in [2.75, 3.05) is 5.73 Å². The molecule has 0 fully saturated rings. The minimum Gasteiger partial charge on any atom is -0.397 e. The highest BCUT2D eigenvalue weighted by Crippen LogP contribution is 2.29. The Morgan fingerprint density at radius 2 is 2.00 bits per heavy atom. The molecule has 0 atom stereocenters. The van der Waals surface area contributed by atoms with Crippen molar-refractivity contribution < 1.29 is 17.2 Å². The highest BCUT2D eigenvalue weighted by Gasteiger charge is 2.20. The van der Waals surface area contributed by atoms with Gasteiger partial charge < -0.3 is 5.73 Å². The molecule has 15 heavy (non-hydrogen) atoms. The van der Waals surface area contributed by atoms with Gasteiger partial charge in [0.25, 0.3) is 6.43 Å². The van der Waals surface area contributed by atoms with Crippen molar-refractivity contribution in [3.63, 3.8) is 0 Å². The van der Waals surface area contributed by atoms with Crippen LogP contribution in [0.25, 0.3) is 0 Å². The molecule has 4 N–H and O–H groups in total. The lowest BCUT2D eigenvalue weighted by Crippen LogP contribution is -2.15. The summed E-state index contributed by atoms with van der Waals surface area (Å²) in [5, 5.41) is 4.81. The van der Waals surface area contributed by atoms with Crippen LogP contribution in [0.5, 0.6) is 0 Å². The Labute approximate surface area is 92.7 Å². The van der Waals surface area contributed by atoms with Gasteiger partial charge in [-0.15, -0.1) is 0 Å². The fourth-order valence-corrected chi connectivity index (χ4v) is 2.43. The van der Waals surface area contributed by atoms with Crippen LogP contribution in [-0.2, 0) is 10.0 Å². The third-order valence-corrected chi connectivity index (χ3v) is 3.31. The Hall–Kier alpha value is -0.800. The number of hydrogen-bond donors (Lipinski definition) is 2. The second-order valence-corrected chi connectivity index (χ2v) is 4.88. The summed E-state index contributed by atoms with van der Waals surface area (Å²) in [6, 6.07) is 0.841. The van der Waals surface area contributed by atoms with Gasteiger partial charge in [-0.05, 0) is 22.0 Å². The molecule has 5 nitrogen and oxygen atoms in total. The van der Waals surface area contributed by atoms with Crippen LogP contribution >= 0.6 is 15.9 Å². The monoisotopic (exact) mass is 301 g/mol. The molecule has 0 aliphatic heterocycles. The first-order valence-electron chi connectivity index (χ1n) is 3.50. The van der Waals surface area contributed by atoms with Gasteiger partial charge in [0.05, 0.1) is 5.69 Å². The van der Waals surface area contributed by atoms with Crippen molar-refractivity contribution in [1.29, 1.82) is 0 Å². The van der Waals surface area contributed by atoms with Crippen LogP contribution in [0.4, 0.5) is 14.5 Å². The topological polar surface area (TPSA) is 99.1 Å². The fourth-order valence-electron chi connectivity index (χ4n) is 0.874. The van der Waals surface area contributed by atoms with E-state index in [0.29, 0.717) is 0 Å². The van der Waals surface area contributed by atoms with Crippen LogP contribution in [-0.4, -0.2) is 13.4 Å². The van der Waals surface area contributed by atoms with Crippen molar-refractivity contribution in [2.45, 2.75) is 11.3 Å². The van der Waals surface area contributed by atoms with Crippen LogP contribution in [0.1, 0.15) is 12.1 Å². The molecule has 1 aromatic rings. The molecular formula is C6H6BrF2N3O2S. The molecule has 0 spiro atoms. The van der Waals surface area contributed by atoms with E-state index in [1.807, 2.05) is 0 Å². The molecule has 0 aliphatic rings. The smallest absolute Gasteiger partial charge is 0.282 e. The molecule has 84 valence electrons. The first kappa shape index (κ1) is 12.3. The van der Waals surface area contributed by atoms with E-state index in [9.17, 15) is 17.2 Å². The summed E-state index contributed by atoms with van der Waals surface area (Å²) in [5.74, 6) is 0. The van der Waals surface area contributed by atoms with Crippen molar-refractivity contribution in [2.24, 2.45) is 5.14 Å². The highest BCUT2D eigenvalue weighted by molar-refractivity contribution is 9.10. The van der Waals surface area contributed by atoms with E-state index in [1.54, 1.807) is 0 Å². The standard InChI is InChI=1S/C6H6BrF2N3O2S/c7-5-3(15(11,13)14)1-2(10)4(12-5)6(8)9/h1,6H,10H2,(H2,11,13,14). The number of nitrogen functional groups attached to an aromatic ring is 1. The molecule has 1 aromatic heterocycles. The van der Waals surface area contributed by atoms with E-state index in [0.717, 1.165) is 6.07 Å². The predicted octanol–water partition coefficient (Wildman–Crippen LogP) is 1.01. The molecule has 0 radical (unpaired) electrons. The van der Waals surface area contributed by atoms with Gasteiger partial charge >= 0.3 is 0 Å². The Morgan fingerprint density at radius 1 is 1.47 bits per heavy atom. The van der Waals surface area contributed by atoms with Gasteiger partial charge in [-0.25, -0.2) is 27.3 Å². The second kappa shape index (κ2) is 3.99. The van der Waals surface area contributed by atoms with Crippen LogP contribution in [0.2, 0.25) is 0 Å². The van der Waals surface area contributed by atoms with Crippen LogP contribution in [0, 0.1) is 0 Å². The van der Waals surface area contributed by atoms with Gasteiger partial charge in [-0.1, -0.05) is 0 Å². The van der Waals surface area contributed by atoms with Gasteiger partial charge in [0.1, 0.15) is 15.2 Å². The summed E-state index contributed by atoms with van der Waals surface area (Å²) in [4.78, 5) is 2.89. The average Bonchev–Trinajstić information content (AvgIpc) is 2.06. The molecule has 0 amide bonds. The van der Waals surface area contributed by atoms with Crippen LogP contribution in [0.15, 0.2) is 15.6 Å². The number of pyridine rings is 1. The van der Waals surface area contributed by atoms with Crippen molar-refractivity contribution >= 4 is 31.6 Å². The number of nitrogens with zero attached hydrogens (tertiary/aromatic N) is 1. The summed E-state index contributed by atoms with van der Waals surface area (Å²) in [6.07, 6.45) is -2.88. The number of nitrogens with two attached hydrogens (primary N) is 2. The lowest BCUT2D eigenvalue weighted by Gasteiger charge is -2.07. The summed E-state index contributed by atoms with van der Waals surface area (Å²) in [6.45, 7) is 0. The van der Waals surface area contributed by atoms with Crippen molar-refractivity contribution in [1.82, 2.24) is 4.98 Å². The zero-order valence-corrected chi connectivity index (χ0v) is 9.52. The molecular weight excluding hydrogens is 296 g/mol. The Kier molecular flexibility index (Phi) is 3.26. The second-order valence-electron chi connectivity index (χ2n) is 2.60. The van der Waals surface area contributed by atoms with Gasteiger partial charge in [0, 0.05) is 0 Å². The lowest BCUT2D eigenvalue weighted by molar-refractivity contribution is 0.146.